The summed E-state index contributed by atoms with van der Waals surface area (Å²) in [6, 6.07) is 2.87. The van der Waals surface area contributed by atoms with Gasteiger partial charge in [0.1, 0.15) is 34.6 Å². The van der Waals surface area contributed by atoms with E-state index in [1.807, 2.05) is 36.8 Å². The summed E-state index contributed by atoms with van der Waals surface area (Å²) in [6.07, 6.45) is 9.80. The van der Waals surface area contributed by atoms with Crippen LogP contribution in [0.15, 0.2) is 24.5 Å². The number of halogens is 2. The largest absolute Gasteiger partial charge is 0.444 e. The van der Waals surface area contributed by atoms with Gasteiger partial charge in [-0.05, 0) is 90.9 Å². The quantitative estimate of drug-likeness (QED) is 0.286. The highest BCUT2D eigenvalue weighted by Crippen LogP contribution is 2.41. The highest BCUT2D eigenvalue weighted by atomic mass is 19.1. The number of likely N-dealkylation sites (tertiary alicyclic amines) is 2. The van der Waals surface area contributed by atoms with Crippen molar-refractivity contribution < 1.29 is 18.3 Å². The van der Waals surface area contributed by atoms with Crippen molar-refractivity contribution in [3.8, 4) is 11.3 Å². The second kappa shape index (κ2) is 12.7. The average Bonchev–Trinajstić information content (AvgIpc) is 3.79. The average molecular weight is 624 g/mol. The van der Waals surface area contributed by atoms with E-state index in [9.17, 15) is 4.79 Å². The van der Waals surface area contributed by atoms with Crippen LogP contribution in [0.4, 0.5) is 19.3 Å². The molecule has 2 N–H and O–H groups in total. The van der Waals surface area contributed by atoms with Gasteiger partial charge in [0.2, 0.25) is 0 Å². The first kappa shape index (κ1) is 31.5. The second-order valence-corrected chi connectivity index (χ2v) is 14.1. The van der Waals surface area contributed by atoms with Crippen molar-refractivity contribution in [1.29, 1.82) is 0 Å². The summed E-state index contributed by atoms with van der Waals surface area (Å²) in [5.74, 6) is 1.01. The normalized spacial score (nSPS) is 23.3. The third-order valence-electron chi connectivity index (χ3n) is 9.72. The molecule has 3 unspecified atom stereocenters. The van der Waals surface area contributed by atoms with E-state index < -0.39 is 17.2 Å². The number of benzene rings is 1. The molecule has 3 saturated heterocycles. The molecule has 3 aromatic rings. The van der Waals surface area contributed by atoms with E-state index in [2.05, 4.69) is 33.8 Å². The number of anilines is 1. The number of carbonyl (C=O) groups is 1. The molecule has 3 aliphatic rings. The Morgan fingerprint density at radius 1 is 0.978 bits per heavy atom. The molecule has 0 bridgehead atoms. The number of aromatic amines is 2. The maximum absolute atomic E-state index is 15.5. The van der Waals surface area contributed by atoms with E-state index in [1.165, 1.54) is 12.1 Å². The molecule has 3 atom stereocenters. The van der Waals surface area contributed by atoms with Gasteiger partial charge < -0.3 is 19.6 Å². The number of nitrogens with zero attached hydrogens (tertiary/aromatic N) is 5. The Balaban J connectivity index is 1.12. The molecule has 0 aliphatic carbocycles. The van der Waals surface area contributed by atoms with Gasteiger partial charge in [-0.25, -0.2) is 23.5 Å². The molecule has 0 spiro atoms. The van der Waals surface area contributed by atoms with E-state index in [0.29, 0.717) is 36.8 Å². The summed E-state index contributed by atoms with van der Waals surface area (Å²) in [7, 11) is 2.07. The number of nitrogens with one attached hydrogen (secondary N) is 2. The number of rotatable bonds is 7. The molecule has 3 aliphatic heterocycles. The lowest BCUT2D eigenvalue weighted by atomic mass is 9.93. The first-order valence-corrected chi connectivity index (χ1v) is 16.6. The summed E-state index contributed by atoms with van der Waals surface area (Å²) in [6.45, 7) is 10.5. The molecule has 0 saturated carbocycles. The number of piperidine rings is 1. The third-order valence-corrected chi connectivity index (χ3v) is 9.72. The van der Waals surface area contributed by atoms with Crippen LogP contribution in [0.1, 0.15) is 108 Å². The van der Waals surface area contributed by atoms with E-state index in [0.717, 1.165) is 68.8 Å². The Morgan fingerprint density at radius 2 is 1.69 bits per heavy atom. The van der Waals surface area contributed by atoms with Gasteiger partial charge in [0.15, 0.2) is 0 Å². The molecular weight excluding hydrogens is 576 g/mol. The molecule has 0 radical (unpaired) electrons. The lowest BCUT2D eigenvalue weighted by Gasteiger charge is -2.33. The predicted molar refractivity (Wildman–Crippen MR) is 170 cm³/mol. The van der Waals surface area contributed by atoms with Gasteiger partial charge in [-0.2, -0.15) is 0 Å². The minimum Gasteiger partial charge on any atom is -0.444 e. The van der Waals surface area contributed by atoms with E-state index >= 15 is 8.78 Å². The zero-order valence-electron chi connectivity index (χ0n) is 27.2. The Morgan fingerprint density at radius 3 is 2.33 bits per heavy atom. The molecule has 1 aromatic carbocycles. The molecule has 3 fully saturated rings. The molecule has 9 nitrogen and oxygen atoms in total. The fourth-order valence-electron chi connectivity index (χ4n) is 7.48. The first-order chi connectivity index (χ1) is 21.5. The zero-order chi connectivity index (χ0) is 31.9. The monoisotopic (exact) mass is 623 g/mol. The second-order valence-electron chi connectivity index (χ2n) is 14.1. The van der Waals surface area contributed by atoms with Gasteiger partial charge in [0, 0.05) is 43.0 Å². The van der Waals surface area contributed by atoms with Crippen molar-refractivity contribution in [1.82, 2.24) is 29.7 Å². The maximum Gasteiger partial charge on any atom is 0.410 e. The number of hydrogen-bond acceptors (Lipinski definition) is 6. The molecule has 6 rings (SSSR count). The Labute approximate surface area is 264 Å². The van der Waals surface area contributed by atoms with Crippen LogP contribution in [-0.2, 0) is 4.74 Å². The molecule has 2 aromatic heterocycles. The lowest BCUT2D eigenvalue weighted by Crippen LogP contribution is -2.37. The topological polar surface area (TPSA) is 93.4 Å². The number of ether oxygens (including phenoxy) is 1. The summed E-state index contributed by atoms with van der Waals surface area (Å²) >= 11 is 0. The van der Waals surface area contributed by atoms with E-state index in [-0.39, 0.29) is 29.8 Å². The molecule has 1 amide bonds. The van der Waals surface area contributed by atoms with Crippen LogP contribution >= 0.6 is 0 Å². The van der Waals surface area contributed by atoms with Gasteiger partial charge in [0.05, 0.1) is 24.0 Å². The van der Waals surface area contributed by atoms with Gasteiger partial charge in [-0.3, -0.25) is 9.80 Å². The lowest BCUT2D eigenvalue weighted by molar-refractivity contribution is 0.0196. The van der Waals surface area contributed by atoms with Gasteiger partial charge in [-0.1, -0.05) is 13.3 Å². The van der Waals surface area contributed by atoms with Crippen molar-refractivity contribution in [2.24, 2.45) is 5.92 Å². The fourth-order valence-corrected chi connectivity index (χ4v) is 7.48. The summed E-state index contributed by atoms with van der Waals surface area (Å²) in [5, 5.41) is 0. The minimum absolute atomic E-state index is 0.0270. The van der Waals surface area contributed by atoms with Crippen LogP contribution in [0.3, 0.4) is 0 Å². The predicted octanol–water partition coefficient (Wildman–Crippen LogP) is 7.33. The van der Waals surface area contributed by atoms with E-state index in [1.54, 1.807) is 6.20 Å². The summed E-state index contributed by atoms with van der Waals surface area (Å²) in [5.41, 5.74) is 1.55. The molecule has 5 heterocycles. The molecular formula is C34H47F2N7O2. The Hall–Kier alpha value is -3.47. The van der Waals surface area contributed by atoms with Crippen LogP contribution in [0.5, 0.6) is 0 Å². The number of amides is 1. The Kier molecular flexibility index (Phi) is 8.91. The standard InChI is InChI=1S/C34H47F2N7O2/c1-6-8-22-12-16-43(33(44)45-34(2,3)4)29(22)32-38-19-26(40-32)21-10-14-42(15-11-21)30-24(35)17-23(18-25(30)36)27-20-37-31(39-27)28-9-7-13-41(28)5/h17-22,28-29H,6-16H2,1-5H3,(H,37,39)(H,38,40). The Bertz CT molecular complexity index is 1470. The van der Waals surface area contributed by atoms with Crippen LogP contribution in [0, 0.1) is 17.6 Å². The highest BCUT2D eigenvalue weighted by Gasteiger charge is 2.41. The van der Waals surface area contributed by atoms with Crippen LogP contribution in [0.2, 0.25) is 0 Å². The maximum atomic E-state index is 15.5. The van der Waals surface area contributed by atoms with Crippen LogP contribution in [-0.4, -0.2) is 74.7 Å². The SMILES string of the molecule is CCCC1CCN(C(=O)OC(C)(C)C)C1c1ncc(C2CCN(c3c(F)cc(-c4cnc(C5CCCN5C)[nH]4)cc3F)CC2)[nH]1. The van der Waals surface area contributed by atoms with Gasteiger partial charge in [0.25, 0.3) is 0 Å². The summed E-state index contributed by atoms with van der Waals surface area (Å²) in [4.78, 5) is 35.1. The van der Waals surface area contributed by atoms with Gasteiger partial charge >= 0.3 is 6.09 Å². The summed E-state index contributed by atoms with van der Waals surface area (Å²) < 4.78 is 36.7. The molecule has 45 heavy (non-hydrogen) atoms. The van der Waals surface area contributed by atoms with Crippen molar-refractivity contribution in [3.63, 3.8) is 0 Å². The smallest absolute Gasteiger partial charge is 0.410 e. The zero-order valence-corrected chi connectivity index (χ0v) is 27.2. The van der Waals surface area contributed by atoms with Gasteiger partial charge in [-0.15, -0.1) is 0 Å². The van der Waals surface area contributed by atoms with Crippen molar-refractivity contribution in [3.05, 3.63) is 53.5 Å². The first-order valence-electron chi connectivity index (χ1n) is 16.6. The van der Waals surface area contributed by atoms with Crippen LogP contribution in [0.25, 0.3) is 11.3 Å². The van der Waals surface area contributed by atoms with Crippen molar-refractivity contribution >= 4 is 11.8 Å². The van der Waals surface area contributed by atoms with Crippen molar-refractivity contribution in [2.45, 2.75) is 96.2 Å². The molecule has 11 heteroatoms. The molecule has 244 valence electrons. The fraction of sp³-hybridized carbons (Fsp3) is 0.618. The minimum atomic E-state index is -0.568. The number of carbonyl (C=O) groups excluding carboxylic acids is 1. The number of hydrogen-bond donors (Lipinski definition) is 2. The highest BCUT2D eigenvalue weighted by molar-refractivity contribution is 5.69. The van der Waals surface area contributed by atoms with E-state index in [4.69, 9.17) is 9.72 Å². The number of imidazole rings is 2. The third kappa shape index (κ3) is 6.59. The van der Waals surface area contributed by atoms with Crippen LogP contribution < -0.4 is 4.90 Å². The van der Waals surface area contributed by atoms with Crippen molar-refractivity contribution in [2.75, 3.05) is 38.1 Å². The number of H-pyrrole nitrogens is 2. The number of aromatic nitrogens is 4.